The van der Waals surface area contributed by atoms with Gasteiger partial charge < -0.3 is 9.47 Å². The summed E-state index contributed by atoms with van der Waals surface area (Å²) >= 11 is 0. The van der Waals surface area contributed by atoms with E-state index >= 15 is 0 Å². The summed E-state index contributed by atoms with van der Waals surface area (Å²) in [6.45, 7) is 2.20. The normalized spacial score (nSPS) is 16.5. The van der Waals surface area contributed by atoms with Gasteiger partial charge in [-0.05, 0) is 24.1 Å². The number of nitrogens with zero attached hydrogens (tertiary/aromatic N) is 1. The van der Waals surface area contributed by atoms with Crippen LogP contribution in [0, 0.1) is 0 Å². The summed E-state index contributed by atoms with van der Waals surface area (Å²) in [4.78, 5) is 12.3. The van der Waals surface area contributed by atoms with Crippen molar-refractivity contribution in [2.75, 3.05) is 6.61 Å². The number of ether oxygens (including phenoxy) is 2. The lowest BCUT2D eigenvalue weighted by molar-refractivity contribution is -0.130. The number of hydrogen-bond donors (Lipinski definition) is 1. The second-order valence-corrected chi connectivity index (χ2v) is 5.53. The van der Waals surface area contributed by atoms with Crippen LogP contribution in [0.25, 0.3) is 0 Å². The summed E-state index contributed by atoms with van der Waals surface area (Å²) in [6.07, 6.45) is 0.779. The third-order valence-corrected chi connectivity index (χ3v) is 3.78. The molecule has 1 amide bonds. The molecule has 1 aliphatic rings. The van der Waals surface area contributed by atoms with Crippen molar-refractivity contribution >= 4 is 11.6 Å². The topological polar surface area (TPSA) is 59.9 Å². The number of hydrogen-bond acceptors (Lipinski definition) is 4. The van der Waals surface area contributed by atoms with E-state index in [0.29, 0.717) is 17.9 Å². The fourth-order valence-corrected chi connectivity index (χ4v) is 2.43. The van der Waals surface area contributed by atoms with E-state index in [1.807, 2.05) is 55.5 Å². The lowest BCUT2D eigenvalue weighted by Gasteiger charge is -2.24. The quantitative estimate of drug-likeness (QED) is 0.679. The van der Waals surface area contributed by atoms with Gasteiger partial charge >= 0.3 is 0 Å². The van der Waals surface area contributed by atoms with Crippen LogP contribution in [0.2, 0.25) is 0 Å². The maximum absolute atomic E-state index is 12.3. The highest BCUT2D eigenvalue weighted by Gasteiger charge is 2.27. The molecule has 0 saturated heterocycles. The van der Waals surface area contributed by atoms with Crippen LogP contribution in [-0.2, 0) is 11.2 Å². The molecule has 1 heterocycles. The van der Waals surface area contributed by atoms with Gasteiger partial charge in [-0.2, -0.15) is 5.10 Å². The number of hydrazone groups is 1. The Labute approximate surface area is 141 Å². The molecule has 24 heavy (non-hydrogen) atoms. The highest BCUT2D eigenvalue weighted by molar-refractivity contribution is 5.89. The van der Waals surface area contributed by atoms with Crippen LogP contribution in [0.15, 0.2) is 59.7 Å². The number of benzene rings is 2. The SMILES string of the molecule is CCC(Cc1ccccc1)=NNC(=O)C1COc2ccccc2O1. The maximum atomic E-state index is 12.3. The Hall–Kier alpha value is -2.82. The molecule has 0 radical (unpaired) electrons. The number of rotatable bonds is 5. The molecular formula is C19H20N2O3. The van der Waals surface area contributed by atoms with Gasteiger partial charge in [0.15, 0.2) is 11.5 Å². The molecule has 0 fully saturated rings. The van der Waals surface area contributed by atoms with E-state index in [0.717, 1.165) is 12.1 Å². The van der Waals surface area contributed by atoms with Crippen molar-refractivity contribution in [3.05, 3.63) is 60.2 Å². The molecule has 3 rings (SSSR count). The average Bonchev–Trinajstić information content (AvgIpc) is 2.65. The first-order valence-corrected chi connectivity index (χ1v) is 8.04. The summed E-state index contributed by atoms with van der Waals surface area (Å²) < 4.78 is 11.2. The molecule has 0 spiro atoms. The van der Waals surface area contributed by atoms with Crippen LogP contribution in [0.3, 0.4) is 0 Å². The van der Waals surface area contributed by atoms with Crippen molar-refractivity contribution in [3.8, 4) is 11.5 Å². The van der Waals surface area contributed by atoms with Crippen molar-refractivity contribution in [2.24, 2.45) is 5.10 Å². The van der Waals surface area contributed by atoms with E-state index < -0.39 is 6.10 Å². The molecule has 2 aromatic carbocycles. The second-order valence-electron chi connectivity index (χ2n) is 5.53. The van der Waals surface area contributed by atoms with Gasteiger partial charge in [-0.1, -0.05) is 49.4 Å². The van der Waals surface area contributed by atoms with Crippen molar-refractivity contribution in [1.29, 1.82) is 0 Å². The van der Waals surface area contributed by atoms with Crippen LogP contribution >= 0.6 is 0 Å². The predicted octanol–water partition coefficient (Wildman–Crippen LogP) is 2.95. The highest BCUT2D eigenvalue weighted by Crippen LogP contribution is 2.30. The fourth-order valence-electron chi connectivity index (χ4n) is 2.43. The van der Waals surface area contributed by atoms with Gasteiger partial charge in [-0.25, -0.2) is 5.43 Å². The minimum atomic E-state index is -0.696. The Morgan fingerprint density at radius 3 is 2.58 bits per heavy atom. The number of para-hydroxylation sites is 2. The minimum Gasteiger partial charge on any atom is -0.485 e. The fraction of sp³-hybridized carbons (Fsp3) is 0.263. The van der Waals surface area contributed by atoms with Gasteiger partial charge in [0, 0.05) is 12.1 Å². The first kappa shape index (κ1) is 16.1. The second kappa shape index (κ2) is 7.64. The molecule has 1 N–H and O–H groups in total. The van der Waals surface area contributed by atoms with Crippen molar-refractivity contribution in [2.45, 2.75) is 25.9 Å². The van der Waals surface area contributed by atoms with E-state index in [-0.39, 0.29) is 12.5 Å². The van der Waals surface area contributed by atoms with E-state index in [2.05, 4.69) is 10.5 Å². The lowest BCUT2D eigenvalue weighted by Crippen LogP contribution is -2.42. The van der Waals surface area contributed by atoms with E-state index in [9.17, 15) is 4.79 Å². The zero-order valence-corrected chi connectivity index (χ0v) is 13.6. The summed E-state index contributed by atoms with van der Waals surface area (Å²) in [5.41, 5.74) is 4.67. The summed E-state index contributed by atoms with van der Waals surface area (Å²) in [6, 6.07) is 17.4. The van der Waals surface area contributed by atoms with Gasteiger partial charge in [0.05, 0.1) is 0 Å². The first-order valence-electron chi connectivity index (χ1n) is 8.04. The number of nitrogens with one attached hydrogen (secondary N) is 1. The Balaban J connectivity index is 1.60. The smallest absolute Gasteiger partial charge is 0.284 e. The predicted molar refractivity (Wildman–Crippen MR) is 92.4 cm³/mol. The average molecular weight is 324 g/mol. The van der Waals surface area contributed by atoms with E-state index in [4.69, 9.17) is 9.47 Å². The van der Waals surface area contributed by atoms with Gasteiger partial charge in [-0.3, -0.25) is 4.79 Å². The molecule has 0 bridgehead atoms. The molecule has 1 aliphatic heterocycles. The van der Waals surface area contributed by atoms with Crippen LogP contribution < -0.4 is 14.9 Å². The van der Waals surface area contributed by atoms with Crippen LogP contribution in [0.5, 0.6) is 11.5 Å². The minimum absolute atomic E-state index is 0.179. The molecular weight excluding hydrogens is 304 g/mol. The lowest BCUT2D eigenvalue weighted by atomic mass is 10.1. The third kappa shape index (κ3) is 3.93. The zero-order chi connectivity index (χ0) is 16.8. The van der Waals surface area contributed by atoms with Gasteiger partial charge in [0.1, 0.15) is 6.61 Å². The van der Waals surface area contributed by atoms with Crippen molar-refractivity contribution < 1.29 is 14.3 Å². The molecule has 1 unspecified atom stereocenters. The molecule has 124 valence electrons. The molecule has 0 saturated carbocycles. The zero-order valence-electron chi connectivity index (χ0n) is 13.6. The molecule has 2 aromatic rings. The number of fused-ring (bicyclic) bond motifs is 1. The van der Waals surface area contributed by atoms with Crippen molar-refractivity contribution in [1.82, 2.24) is 5.43 Å². The molecule has 5 nitrogen and oxygen atoms in total. The first-order chi connectivity index (χ1) is 11.8. The Morgan fingerprint density at radius 2 is 1.83 bits per heavy atom. The number of carbonyl (C=O) groups is 1. The third-order valence-electron chi connectivity index (χ3n) is 3.78. The van der Waals surface area contributed by atoms with Crippen LogP contribution in [0.1, 0.15) is 18.9 Å². The molecule has 0 aliphatic carbocycles. The molecule has 1 atom stereocenters. The van der Waals surface area contributed by atoms with Crippen molar-refractivity contribution in [3.63, 3.8) is 0 Å². The van der Waals surface area contributed by atoms with Gasteiger partial charge in [0.2, 0.25) is 6.10 Å². The van der Waals surface area contributed by atoms with Gasteiger partial charge in [-0.15, -0.1) is 0 Å². The van der Waals surface area contributed by atoms with Crippen LogP contribution in [-0.4, -0.2) is 24.3 Å². The van der Waals surface area contributed by atoms with E-state index in [1.54, 1.807) is 6.07 Å². The van der Waals surface area contributed by atoms with E-state index in [1.165, 1.54) is 5.56 Å². The largest absolute Gasteiger partial charge is 0.485 e. The Morgan fingerprint density at radius 1 is 1.12 bits per heavy atom. The summed E-state index contributed by atoms with van der Waals surface area (Å²) in [5, 5.41) is 4.25. The molecule has 0 aromatic heterocycles. The Bertz CT molecular complexity index is 728. The standard InChI is InChI=1S/C19H20N2O3/c1-2-15(12-14-8-4-3-5-9-14)20-21-19(22)18-13-23-16-10-6-7-11-17(16)24-18/h3-11,18H,2,12-13H2,1H3,(H,21,22). The monoisotopic (exact) mass is 324 g/mol. The summed E-state index contributed by atoms with van der Waals surface area (Å²) in [7, 11) is 0. The number of carbonyl (C=O) groups excluding carboxylic acids is 1. The maximum Gasteiger partial charge on any atom is 0.284 e. The highest BCUT2D eigenvalue weighted by atomic mass is 16.6. The Kier molecular flexibility index (Phi) is 5.11. The van der Waals surface area contributed by atoms with Crippen LogP contribution in [0.4, 0.5) is 0 Å². The summed E-state index contributed by atoms with van der Waals surface area (Å²) in [5.74, 6) is 0.930. The number of amides is 1. The van der Waals surface area contributed by atoms with Gasteiger partial charge in [0.25, 0.3) is 5.91 Å². The molecule has 5 heteroatoms.